The molecule has 0 N–H and O–H groups in total. The highest BCUT2D eigenvalue weighted by atomic mass is 16.5. The van der Waals surface area contributed by atoms with Crippen LogP contribution in [0.4, 0.5) is 11.4 Å². The van der Waals surface area contributed by atoms with Crippen LogP contribution >= 0.6 is 0 Å². The van der Waals surface area contributed by atoms with Crippen LogP contribution in [-0.2, 0) is 0 Å². The van der Waals surface area contributed by atoms with Gasteiger partial charge in [0.05, 0.1) is 0 Å². The van der Waals surface area contributed by atoms with Crippen LogP contribution < -0.4 is 9.64 Å². The summed E-state index contributed by atoms with van der Waals surface area (Å²) >= 11 is 0. The molecule has 0 fully saturated rings. The van der Waals surface area contributed by atoms with Crippen molar-refractivity contribution in [2.24, 2.45) is 4.99 Å². The van der Waals surface area contributed by atoms with Crippen molar-refractivity contribution in [2.75, 3.05) is 18.0 Å². The fourth-order valence-electron chi connectivity index (χ4n) is 3.54. The van der Waals surface area contributed by atoms with Gasteiger partial charge in [-0.15, -0.1) is 0 Å². The number of hydrogen-bond acceptors (Lipinski definition) is 3. The van der Waals surface area contributed by atoms with Crippen molar-refractivity contribution in [2.45, 2.75) is 26.7 Å². The molecular weight excluding hydrogens is 296 g/mol. The van der Waals surface area contributed by atoms with Crippen LogP contribution in [0.15, 0.2) is 59.3 Å². The number of benzene rings is 2. The molecule has 0 radical (unpaired) electrons. The third-order valence-electron chi connectivity index (χ3n) is 4.87. The van der Waals surface area contributed by atoms with Crippen molar-refractivity contribution in [1.82, 2.24) is 0 Å². The predicted molar refractivity (Wildman–Crippen MR) is 99.8 cm³/mol. The first kappa shape index (κ1) is 15.0. The SMILES string of the molecule is CCN(CC)c1ccc2c(c1)OC1=CC(C)c3ccccc3C1=N2. The van der Waals surface area contributed by atoms with Gasteiger partial charge in [0.1, 0.15) is 17.2 Å². The summed E-state index contributed by atoms with van der Waals surface area (Å²) in [6.07, 6.45) is 2.17. The zero-order chi connectivity index (χ0) is 16.7. The average molecular weight is 318 g/mol. The van der Waals surface area contributed by atoms with Crippen molar-refractivity contribution < 1.29 is 4.74 Å². The first-order chi connectivity index (χ1) is 11.7. The Balaban J connectivity index is 1.81. The van der Waals surface area contributed by atoms with Crippen LogP contribution in [0.2, 0.25) is 0 Å². The minimum Gasteiger partial charge on any atom is -0.453 e. The lowest BCUT2D eigenvalue weighted by atomic mass is 9.86. The van der Waals surface area contributed by atoms with Gasteiger partial charge in [-0.2, -0.15) is 0 Å². The van der Waals surface area contributed by atoms with Crippen LogP contribution in [0.1, 0.15) is 37.8 Å². The molecule has 1 atom stereocenters. The van der Waals surface area contributed by atoms with Crippen molar-refractivity contribution >= 4 is 17.1 Å². The standard InChI is InChI=1S/C21H22N2O/c1-4-23(5-2)15-10-11-18-19(13-15)24-20-12-14(3)16-8-6-7-9-17(16)21(20)22-18/h6-14H,4-5H2,1-3H3. The van der Waals surface area contributed by atoms with Gasteiger partial charge in [-0.3, -0.25) is 0 Å². The van der Waals surface area contributed by atoms with E-state index in [1.165, 1.54) is 16.8 Å². The second-order valence-electron chi connectivity index (χ2n) is 6.29. The molecule has 1 unspecified atom stereocenters. The zero-order valence-electron chi connectivity index (χ0n) is 14.4. The fraction of sp³-hybridized carbons (Fsp3) is 0.286. The summed E-state index contributed by atoms with van der Waals surface area (Å²) in [6, 6.07) is 14.8. The molecule has 3 heteroatoms. The Hall–Kier alpha value is -2.55. The van der Waals surface area contributed by atoms with Gasteiger partial charge < -0.3 is 9.64 Å². The molecule has 2 aromatic carbocycles. The van der Waals surface area contributed by atoms with Crippen LogP contribution in [0.25, 0.3) is 0 Å². The number of anilines is 1. The number of fused-ring (bicyclic) bond motifs is 4. The number of aliphatic imine (C=N–C) groups is 1. The second kappa shape index (κ2) is 5.82. The van der Waals surface area contributed by atoms with Crippen molar-refractivity contribution in [3.05, 3.63) is 65.4 Å². The maximum atomic E-state index is 6.25. The van der Waals surface area contributed by atoms with E-state index >= 15 is 0 Å². The van der Waals surface area contributed by atoms with E-state index in [1.807, 2.05) is 0 Å². The molecule has 3 nitrogen and oxygen atoms in total. The van der Waals surface area contributed by atoms with Gasteiger partial charge in [0.25, 0.3) is 0 Å². The van der Waals surface area contributed by atoms with E-state index in [0.717, 1.165) is 36.0 Å². The lowest BCUT2D eigenvalue weighted by molar-refractivity contribution is 0.445. The first-order valence-electron chi connectivity index (χ1n) is 8.68. The topological polar surface area (TPSA) is 24.8 Å². The number of hydrogen-bond donors (Lipinski definition) is 0. The van der Waals surface area contributed by atoms with Crippen molar-refractivity contribution in [3.8, 4) is 5.75 Å². The second-order valence-corrected chi connectivity index (χ2v) is 6.29. The molecule has 1 aliphatic carbocycles. The predicted octanol–water partition coefficient (Wildman–Crippen LogP) is 5.05. The summed E-state index contributed by atoms with van der Waals surface area (Å²) in [7, 11) is 0. The number of allylic oxidation sites excluding steroid dienone is 2. The van der Waals surface area contributed by atoms with E-state index in [0.29, 0.717) is 5.92 Å². The Morgan fingerprint density at radius 3 is 2.67 bits per heavy atom. The third-order valence-corrected chi connectivity index (χ3v) is 4.87. The largest absolute Gasteiger partial charge is 0.453 e. The summed E-state index contributed by atoms with van der Waals surface area (Å²) in [5, 5.41) is 0. The molecule has 0 bridgehead atoms. The summed E-state index contributed by atoms with van der Waals surface area (Å²) < 4.78 is 6.25. The van der Waals surface area contributed by atoms with Crippen LogP contribution in [0, 0.1) is 0 Å². The number of ether oxygens (including phenoxy) is 1. The maximum absolute atomic E-state index is 6.25. The summed E-state index contributed by atoms with van der Waals surface area (Å²) in [4.78, 5) is 7.22. The van der Waals surface area contributed by atoms with Crippen LogP contribution in [0.5, 0.6) is 5.75 Å². The molecule has 0 amide bonds. The van der Waals surface area contributed by atoms with Crippen LogP contribution in [-0.4, -0.2) is 18.8 Å². The van der Waals surface area contributed by atoms with Crippen molar-refractivity contribution in [1.29, 1.82) is 0 Å². The number of nitrogens with zero attached hydrogens (tertiary/aromatic N) is 2. The summed E-state index contributed by atoms with van der Waals surface area (Å²) in [5.74, 6) is 2.06. The van der Waals surface area contributed by atoms with Gasteiger partial charge in [0.15, 0.2) is 5.75 Å². The van der Waals surface area contributed by atoms with Crippen molar-refractivity contribution in [3.63, 3.8) is 0 Å². The molecule has 1 heterocycles. The molecular formula is C21H22N2O. The van der Waals surface area contributed by atoms with Gasteiger partial charge in [0.2, 0.25) is 0 Å². The lowest BCUT2D eigenvalue weighted by Gasteiger charge is -2.28. The monoisotopic (exact) mass is 318 g/mol. The quantitative estimate of drug-likeness (QED) is 0.791. The molecule has 24 heavy (non-hydrogen) atoms. The molecule has 0 saturated carbocycles. The highest BCUT2D eigenvalue weighted by Gasteiger charge is 2.28. The van der Waals surface area contributed by atoms with E-state index in [2.05, 4.69) is 74.2 Å². The molecule has 1 aliphatic heterocycles. The molecule has 0 aromatic heterocycles. The molecule has 122 valence electrons. The molecule has 2 aromatic rings. The summed E-state index contributed by atoms with van der Waals surface area (Å²) in [6.45, 7) is 8.51. The lowest BCUT2D eigenvalue weighted by Crippen LogP contribution is -2.23. The third kappa shape index (κ3) is 2.32. The zero-order valence-corrected chi connectivity index (χ0v) is 14.4. The molecule has 0 saturated heterocycles. The highest BCUT2D eigenvalue weighted by Crippen LogP contribution is 2.41. The van der Waals surface area contributed by atoms with E-state index in [1.54, 1.807) is 0 Å². The smallest absolute Gasteiger partial charge is 0.155 e. The van der Waals surface area contributed by atoms with Gasteiger partial charge in [0, 0.05) is 36.3 Å². The highest BCUT2D eigenvalue weighted by molar-refractivity contribution is 6.16. The Kier molecular flexibility index (Phi) is 3.64. The van der Waals surface area contributed by atoms with Gasteiger partial charge >= 0.3 is 0 Å². The van der Waals surface area contributed by atoms with E-state index in [-0.39, 0.29) is 0 Å². The van der Waals surface area contributed by atoms with E-state index in [9.17, 15) is 0 Å². The Morgan fingerprint density at radius 1 is 1.08 bits per heavy atom. The minimum absolute atomic E-state index is 0.336. The van der Waals surface area contributed by atoms with Gasteiger partial charge in [-0.05, 0) is 37.6 Å². The fourth-order valence-corrected chi connectivity index (χ4v) is 3.54. The van der Waals surface area contributed by atoms with Gasteiger partial charge in [-0.1, -0.05) is 31.2 Å². The summed E-state index contributed by atoms with van der Waals surface area (Å²) in [5.41, 5.74) is 5.53. The molecule has 2 aliphatic rings. The molecule has 4 rings (SSSR count). The van der Waals surface area contributed by atoms with Gasteiger partial charge in [-0.25, -0.2) is 4.99 Å². The maximum Gasteiger partial charge on any atom is 0.155 e. The Morgan fingerprint density at radius 2 is 1.88 bits per heavy atom. The molecule has 0 spiro atoms. The average Bonchev–Trinajstić information content (AvgIpc) is 2.62. The van der Waals surface area contributed by atoms with Crippen LogP contribution in [0.3, 0.4) is 0 Å². The Bertz CT molecular complexity index is 847. The minimum atomic E-state index is 0.336. The first-order valence-corrected chi connectivity index (χ1v) is 8.68. The van der Waals surface area contributed by atoms with E-state index in [4.69, 9.17) is 9.73 Å². The number of rotatable bonds is 3. The normalized spacial score (nSPS) is 17.7. The Labute approximate surface area is 143 Å². The van der Waals surface area contributed by atoms with E-state index < -0.39 is 0 Å².